The number of carbonyl (C=O) groups excluding carboxylic acids is 1. The number of nitrogens with zero attached hydrogens (tertiary/aromatic N) is 3. The van der Waals surface area contributed by atoms with Crippen molar-refractivity contribution >= 4 is 28.8 Å². The number of carbonyl (C=O) groups is 1. The van der Waals surface area contributed by atoms with Gasteiger partial charge < -0.3 is 26.6 Å². The second kappa shape index (κ2) is 11.4. The standard InChI is InChI=1S/C29H33ClN6O/c30-25-9-6-22(7-10-25)28-26(20-34-14-16-35(17-15-34)29(37)23(18-32)12-13-31)36-19-24(8-11-27(36)33-28)21-4-2-1-3-5-21/h1-12,19,27,33H,13-18,20,31-32H2/b23-12+. The van der Waals surface area contributed by atoms with E-state index in [4.69, 9.17) is 23.1 Å². The van der Waals surface area contributed by atoms with E-state index in [1.807, 2.05) is 23.1 Å². The molecule has 1 saturated heterocycles. The highest BCUT2D eigenvalue weighted by Crippen LogP contribution is 2.34. The molecule has 2 aromatic rings. The van der Waals surface area contributed by atoms with Gasteiger partial charge in [0.05, 0.1) is 11.4 Å². The summed E-state index contributed by atoms with van der Waals surface area (Å²) in [4.78, 5) is 19.5. The van der Waals surface area contributed by atoms with Gasteiger partial charge in [-0.15, -0.1) is 0 Å². The predicted octanol–water partition coefficient (Wildman–Crippen LogP) is 2.84. The summed E-state index contributed by atoms with van der Waals surface area (Å²) in [5, 5.41) is 4.43. The van der Waals surface area contributed by atoms with Gasteiger partial charge >= 0.3 is 0 Å². The fourth-order valence-electron chi connectivity index (χ4n) is 5.04. The molecule has 5 rings (SSSR count). The van der Waals surface area contributed by atoms with Gasteiger partial charge in [0.1, 0.15) is 6.17 Å². The summed E-state index contributed by atoms with van der Waals surface area (Å²) < 4.78 is 0. The predicted molar refractivity (Wildman–Crippen MR) is 150 cm³/mol. The average Bonchev–Trinajstić information content (AvgIpc) is 3.30. The smallest absolute Gasteiger partial charge is 0.250 e. The molecule has 0 saturated carbocycles. The molecule has 0 radical (unpaired) electrons. The van der Waals surface area contributed by atoms with Gasteiger partial charge in [0.2, 0.25) is 0 Å². The maximum absolute atomic E-state index is 12.8. The Morgan fingerprint density at radius 3 is 2.41 bits per heavy atom. The Bertz CT molecular complexity index is 1240. The van der Waals surface area contributed by atoms with Gasteiger partial charge in [-0.2, -0.15) is 0 Å². The van der Waals surface area contributed by atoms with Crippen molar-refractivity contribution in [3.63, 3.8) is 0 Å². The first kappa shape index (κ1) is 25.3. The number of piperazine rings is 1. The number of benzene rings is 2. The number of allylic oxidation sites excluding steroid dienone is 2. The van der Waals surface area contributed by atoms with Gasteiger partial charge in [0.25, 0.3) is 5.91 Å². The summed E-state index contributed by atoms with van der Waals surface area (Å²) in [5.41, 5.74) is 17.7. The van der Waals surface area contributed by atoms with Gasteiger partial charge in [-0.25, -0.2) is 0 Å². The third-order valence-corrected chi connectivity index (χ3v) is 7.31. The minimum atomic E-state index is -0.00660. The molecule has 0 aliphatic carbocycles. The minimum absolute atomic E-state index is 0.00660. The van der Waals surface area contributed by atoms with Crippen molar-refractivity contribution in [2.24, 2.45) is 11.5 Å². The average molecular weight is 517 g/mol. The van der Waals surface area contributed by atoms with Gasteiger partial charge in [-0.3, -0.25) is 9.69 Å². The fraction of sp³-hybridized carbons (Fsp3) is 0.276. The van der Waals surface area contributed by atoms with Crippen LogP contribution in [0.2, 0.25) is 5.02 Å². The normalized spacial score (nSPS) is 20.1. The van der Waals surface area contributed by atoms with E-state index in [0.29, 0.717) is 30.2 Å². The lowest BCUT2D eigenvalue weighted by Gasteiger charge is -2.37. The van der Waals surface area contributed by atoms with E-state index < -0.39 is 0 Å². The molecule has 3 aliphatic rings. The van der Waals surface area contributed by atoms with Crippen LogP contribution >= 0.6 is 11.6 Å². The Hall–Kier alpha value is -3.36. The van der Waals surface area contributed by atoms with Crippen LogP contribution in [0.25, 0.3) is 11.3 Å². The van der Waals surface area contributed by atoms with E-state index in [2.05, 4.69) is 69.9 Å². The van der Waals surface area contributed by atoms with Crippen LogP contribution in [-0.4, -0.2) is 72.6 Å². The van der Waals surface area contributed by atoms with Crippen LogP contribution in [0.3, 0.4) is 0 Å². The van der Waals surface area contributed by atoms with Crippen LogP contribution in [-0.2, 0) is 4.79 Å². The molecule has 1 atom stereocenters. The zero-order valence-electron chi connectivity index (χ0n) is 20.8. The highest BCUT2D eigenvalue weighted by Gasteiger charge is 2.33. The van der Waals surface area contributed by atoms with E-state index in [-0.39, 0.29) is 18.6 Å². The van der Waals surface area contributed by atoms with Gasteiger partial charge in [0.15, 0.2) is 0 Å². The van der Waals surface area contributed by atoms with Crippen LogP contribution in [0.1, 0.15) is 11.1 Å². The molecule has 192 valence electrons. The summed E-state index contributed by atoms with van der Waals surface area (Å²) in [6.07, 6.45) is 8.39. The number of halogens is 1. The molecule has 0 bridgehead atoms. The topological polar surface area (TPSA) is 90.9 Å². The first-order valence-corrected chi connectivity index (χ1v) is 13.1. The summed E-state index contributed by atoms with van der Waals surface area (Å²) in [7, 11) is 0. The van der Waals surface area contributed by atoms with E-state index in [9.17, 15) is 4.79 Å². The van der Waals surface area contributed by atoms with E-state index >= 15 is 0 Å². The van der Waals surface area contributed by atoms with Crippen LogP contribution in [0, 0.1) is 0 Å². The van der Waals surface area contributed by atoms with Crippen molar-refractivity contribution in [1.29, 1.82) is 0 Å². The molecular formula is C29H33ClN6O. The molecule has 0 aromatic heterocycles. The molecule has 1 fully saturated rings. The molecule has 1 unspecified atom stereocenters. The van der Waals surface area contributed by atoms with Crippen LogP contribution in [0.15, 0.2) is 90.3 Å². The Morgan fingerprint density at radius 1 is 1.00 bits per heavy atom. The summed E-state index contributed by atoms with van der Waals surface area (Å²) in [5.74, 6) is -0.00660. The van der Waals surface area contributed by atoms with Crippen molar-refractivity contribution in [1.82, 2.24) is 20.0 Å². The number of hydrogen-bond acceptors (Lipinski definition) is 6. The SMILES string of the molecule is NC/C=C(\CN)C(=O)N1CCN(CC2=C(c3ccc(Cl)cc3)NC3C=CC(c4ccccc4)=CN23)CC1. The molecule has 1 amide bonds. The first-order valence-electron chi connectivity index (χ1n) is 12.7. The molecule has 3 heterocycles. The summed E-state index contributed by atoms with van der Waals surface area (Å²) in [6, 6.07) is 18.4. The maximum Gasteiger partial charge on any atom is 0.250 e. The maximum atomic E-state index is 12.8. The van der Waals surface area contributed by atoms with Gasteiger partial charge in [0, 0.05) is 62.6 Å². The van der Waals surface area contributed by atoms with E-state index in [0.717, 1.165) is 30.9 Å². The molecule has 3 aliphatic heterocycles. The van der Waals surface area contributed by atoms with E-state index in [1.165, 1.54) is 16.8 Å². The number of rotatable bonds is 7. The lowest BCUT2D eigenvalue weighted by atomic mass is 10.0. The van der Waals surface area contributed by atoms with Crippen LogP contribution in [0.4, 0.5) is 0 Å². The lowest BCUT2D eigenvalue weighted by molar-refractivity contribution is -0.128. The zero-order valence-corrected chi connectivity index (χ0v) is 21.6. The van der Waals surface area contributed by atoms with Crippen molar-refractivity contribution < 1.29 is 4.79 Å². The monoisotopic (exact) mass is 516 g/mol. The fourth-order valence-corrected chi connectivity index (χ4v) is 5.16. The van der Waals surface area contributed by atoms with Crippen molar-refractivity contribution in [2.45, 2.75) is 6.17 Å². The number of fused-ring (bicyclic) bond motifs is 1. The Kier molecular flexibility index (Phi) is 7.76. The number of nitrogens with two attached hydrogens (primary N) is 2. The second-order valence-electron chi connectivity index (χ2n) is 9.37. The van der Waals surface area contributed by atoms with Crippen LogP contribution in [0.5, 0.6) is 0 Å². The second-order valence-corrected chi connectivity index (χ2v) is 9.81. The minimum Gasteiger partial charge on any atom is -0.360 e. The number of hydrogen-bond donors (Lipinski definition) is 3. The Balaban J connectivity index is 1.38. The molecule has 2 aromatic carbocycles. The number of amides is 1. The van der Waals surface area contributed by atoms with Crippen molar-refractivity contribution in [3.05, 3.63) is 106 Å². The highest BCUT2D eigenvalue weighted by molar-refractivity contribution is 6.30. The van der Waals surface area contributed by atoms with Gasteiger partial charge in [-0.05, 0) is 34.9 Å². The zero-order chi connectivity index (χ0) is 25.8. The summed E-state index contributed by atoms with van der Waals surface area (Å²) >= 11 is 6.18. The lowest BCUT2D eigenvalue weighted by Crippen LogP contribution is -2.50. The first-order chi connectivity index (χ1) is 18.1. The third kappa shape index (κ3) is 5.50. The molecule has 5 N–H and O–H groups in total. The Labute approximate surface area is 223 Å². The third-order valence-electron chi connectivity index (χ3n) is 7.06. The van der Waals surface area contributed by atoms with Crippen molar-refractivity contribution in [3.8, 4) is 0 Å². The largest absolute Gasteiger partial charge is 0.360 e. The van der Waals surface area contributed by atoms with E-state index in [1.54, 1.807) is 6.08 Å². The Morgan fingerprint density at radius 2 is 1.73 bits per heavy atom. The number of nitrogens with one attached hydrogen (secondary N) is 1. The molecule has 8 heteroatoms. The van der Waals surface area contributed by atoms with Crippen molar-refractivity contribution in [2.75, 3.05) is 45.8 Å². The molecule has 37 heavy (non-hydrogen) atoms. The molecular weight excluding hydrogens is 484 g/mol. The molecule has 7 nitrogen and oxygen atoms in total. The summed E-state index contributed by atoms with van der Waals surface area (Å²) in [6.45, 7) is 4.17. The highest BCUT2D eigenvalue weighted by atomic mass is 35.5. The van der Waals surface area contributed by atoms with Gasteiger partial charge in [-0.1, -0.05) is 66.2 Å². The molecule has 0 spiro atoms. The van der Waals surface area contributed by atoms with Crippen LogP contribution < -0.4 is 16.8 Å². The quantitative estimate of drug-likeness (QED) is 0.490.